The molecule has 0 aliphatic carbocycles. The summed E-state index contributed by atoms with van der Waals surface area (Å²) in [6.45, 7) is 6.19. The molecule has 9 nitrogen and oxygen atoms in total. The Morgan fingerprint density at radius 1 is 1.18 bits per heavy atom. The number of nitrogens with zero attached hydrogens (tertiary/aromatic N) is 3. The van der Waals surface area contributed by atoms with Gasteiger partial charge in [0.2, 0.25) is 5.91 Å². The largest absolute Gasteiger partial charge is 0.491 e. The summed E-state index contributed by atoms with van der Waals surface area (Å²) < 4.78 is 11.8. The lowest BCUT2D eigenvalue weighted by molar-refractivity contribution is -0.114. The highest BCUT2D eigenvalue weighted by Crippen LogP contribution is 2.27. The average Bonchev–Trinajstić information content (AvgIpc) is 2.82. The Hall–Kier alpha value is -3.46. The highest BCUT2D eigenvalue weighted by molar-refractivity contribution is 5.98. The van der Waals surface area contributed by atoms with Crippen molar-refractivity contribution in [1.29, 1.82) is 0 Å². The van der Waals surface area contributed by atoms with Crippen molar-refractivity contribution < 1.29 is 23.9 Å². The number of rotatable bonds is 3. The zero-order chi connectivity index (χ0) is 24.8. The minimum absolute atomic E-state index is 0.0589. The first-order valence-electron chi connectivity index (χ1n) is 11.3. The standard InChI is InChI=1S/C25H32N4O5/c1-16-13-29(25(32)21-8-6-7-11-26-21)17(2)15-34-22-12-19(27-18(3)30)9-10-20(22)24(31)28(4)14-23(16)33-5/h6-12,16-17,23H,13-15H2,1-5H3,(H,27,30)/t16-,17+,23-/m0/s1. The maximum atomic E-state index is 13.4. The van der Waals surface area contributed by atoms with Crippen molar-refractivity contribution in [3.63, 3.8) is 0 Å². The number of hydrogen-bond acceptors (Lipinski definition) is 6. The lowest BCUT2D eigenvalue weighted by Gasteiger charge is -2.36. The molecule has 3 atom stereocenters. The zero-order valence-corrected chi connectivity index (χ0v) is 20.3. The molecule has 1 aromatic carbocycles. The minimum Gasteiger partial charge on any atom is -0.491 e. The van der Waals surface area contributed by atoms with Crippen molar-refractivity contribution in [3.8, 4) is 5.75 Å². The van der Waals surface area contributed by atoms with Gasteiger partial charge < -0.3 is 24.6 Å². The molecular formula is C25H32N4O5. The van der Waals surface area contributed by atoms with E-state index in [0.29, 0.717) is 35.8 Å². The zero-order valence-electron chi connectivity index (χ0n) is 20.3. The molecule has 182 valence electrons. The lowest BCUT2D eigenvalue weighted by Crippen LogP contribution is -2.48. The van der Waals surface area contributed by atoms with Crippen molar-refractivity contribution in [2.75, 3.05) is 39.2 Å². The Bertz CT molecular complexity index is 1030. The fourth-order valence-corrected chi connectivity index (χ4v) is 3.97. The molecule has 0 bridgehead atoms. The van der Waals surface area contributed by atoms with Crippen LogP contribution < -0.4 is 10.1 Å². The summed E-state index contributed by atoms with van der Waals surface area (Å²) in [7, 11) is 3.31. The van der Waals surface area contributed by atoms with Crippen molar-refractivity contribution in [2.24, 2.45) is 5.92 Å². The maximum absolute atomic E-state index is 13.4. The van der Waals surface area contributed by atoms with Crippen molar-refractivity contribution in [1.82, 2.24) is 14.8 Å². The van der Waals surface area contributed by atoms with Gasteiger partial charge in [-0.15, -0.1) is 0 Å². The van der Waals surface area contributed by atoms with Crippen LogP contribution in [-0.2, 0) is 9.53 Å². The number of anilines is 1. The molecule has 1 aromatic heterocycles. The Morgan fingerprint density at radius 3 is 2.59 bits per heavy atom. The summed E-state index contributed by atoms with van der Waals surface area (Å²) in [5.74, 6) is -0.367. The Labute approximate surface area is 200 Å². The molecule has 1 N–H and O–H groups in total. The first-order chi connectivity index (χ1) is 16.2. The molecule has 1 aliphatic heterocycles. The fourth-order valence-electron chi connectivity index (χ4n) is 3.97. The first kappa shape index (κ1) is 25.2. The van der Waals surface area contributed by atoms with E-state index in [1.54, 1.807) is 66.6 Å². The number of aromatic nitrogens is 1. The molecule has 0 fully saturated rings. The van der Waals surface area contributed by atoms with Gasteiger partial charge in [-0.2, -0.15) is 0 Å². The summed E-state index contributed by atoms with van der Waals surface area (Å²) >= 11 is 0. The third kappa shape index (κ3) is 5.91. The van der Waals surface area contributed by atoms with Gasteiger partial charge in [-0.25, -0.2) is 0 Å². The molecule has 34 heavy (non-hydrogen) atoms. The van der Waals surface area contributed by atoms with Crippen LogP contribution in [0.2, 0.25) is 0 Å². The van der Waals surface area contributed by atoms with Gasteiger partial charge in [0.25, 0.3) is 11.8 Å². The van der Waals surface area contributed by atoms with E-state index in [1.165, 1.54) is 6.92 Å². The number of likely N-dealkylation sites (N-methyl/N-ethyl adjacent to an activating group) is 1. The molecule has 3 rings (SSSR count). The van der Waals surface area contributed by atoms with Gasteiger partial charge in [-0.1, -0.05) is 13.0 Å². The predicted molar refractivity (Wildman–Crippen MR) is 128 cm³/mol. The SMILES string of the molecule is CO[C@H]1CN(C)C(=O)c2ccc(NC(C)=O)cc2OC[C@@H](C)N(C(=O)c2ccccn2)C[C@@H]1C. The summed E-state index contributed by atoms with van der Waals surface area (Å²) in [6, 6.07) is 9.84. The number of methoxy groups -OCH3 is 1. The number of ether oxygens (including phenoxy) is 2. The van der Waals surface area contributed by atoms with Crippen molar-refractivity contribution >= 4 is 23.4 Å². The third-order valence-corrected chi connectivity index (χ3v) is 5.91. The average molecular weight is 469 g/mol. The van der Waals surface area contributed by atoms with E-state index in [2.05, 4.69) is 10.3 Å². The first-order valence-corrected chi connectivity index (χ1v) is 11.3. The molecule has 0 spiro atoms. The van der Waals surface area contributed by atoms with E-state index < -0.39 is 0 Å². The number of fused-ring (bicyclic) bond motifs is 1. The maximum Gasteiger partial charge on any atom is 0.272 e. The van der Waals surface area contributed by atoms with Gasteiger partial charge in [0.15, 0.2) is 0 Å². The molecule has 0 radical (unpaired) electrons. The summed E-state index contributed by atoms with van der Waals surface area (Å²) in [4.78, 5) is 45.6. The van der Waals surface area contributed by atoms with Gasteiger partial charge >= 0.3 is 0 Å². The third-order valence-electron chi connectivity index (χ3n) is 5.91. The van der Waals surface area contributed by atoms with Gasteiger partial charge in [-0.05, 0) is 31.2 Å². The Kier molecular flexibility index (Phi) is 8.22. The molecule has 0 saturated carbocycles. The second-order valence-electron chi connectivity index (χ2n) is 8.66. The van der Waals surface area contributed by atoms with E-state index in [0.717, 1.165) is 0 Å². The number of nitrogens with one attached hydrogen (secondary N) is 1. The van der Waals surface area contributed by atoms with E-state index in [-0.39, 0.29) is 42.4 Å². The van der Waals surface area contributed by atoms with Gasteiger partial charge in [-0.3, -0.25) is 19.4 Å². The Morgan fingerprint density at radius 2 is 1.94 bits per heavy atom. The quantitative estimate of drug-likeness (QED) is 0.743. The number of pyridine rings is 1. The highest BCUT2D eigenvalue weighted by Gasteiger charge is 2.31. The van der Waals surface area contributed by atoms with Crippen LogP contribution in [-0.4, -0.2) is 78.5 Å². The smallest absolute Gasteiger partial charge is 0.272 e. The van der Waals surface area contributed by atoms with Crippen LogP contribution >= 0.6 is 0 Å². The second-order valence-corrected chi connectivity index (χ2v) is 8.66. The van der Waals surface area contributed by atoms with Crippen LogP contribution in [0, 0.1) is 5.92 Å². The van der Waals surface area contributed by atoms with E-state index >= 15 is 0 Å². The van der Waals surface area contributed by atoms with Crippen LogP contribution in [0.5, 0.6) is 5.75 Å². The monoisotopic (exact) mass is 468 g/mol. The number of benzene rings is 1. The van der Waals surface area contributed by atoms with Crippen LogP contribution in [0.3, 0.4) is 0 Å². The molecule has 0 saturated heterocycles. The van der Waals surface area contributed by atoms with Crippen LogP contribution in [0.1, 0.15) is 41.6 Å². The number of amides is 3. The van der Waals surface area contributed by atoms with Gasteiger partial charge in [0.05, 0.1) is 17.7 Å². The molecular weight excluding hydrogens is 436 g/mol. The van der Waals surface area contributed by atoms with Crippen LogP contribution in [0.4, 0.5) is 5.69 Å². The van der Waals surface area contributed by atoms with Crippen molar-refractivity contribution in [3.05, 3.63) is 53.9 Å². The summed E-state index contributed by atoms with van der Waals surface area (Å²) in [5.41, 5.74) is 1.24. The summed E-state index contributed by atoms with van der Waals surface area (Å²) in [6.07, 6.45) is 1.30. The predicted octanol–water partition coefficient (Wildman–Crippen LogP) is 2.69. The topological polar surface area (TPSA) is 101 Å². The second kappa shape index (κ2) is 11.1. The molecule has 3 amide bonds. The number of hydrogen-bond donors (Lipinski definition) is 1. The Balaban J connectivity index is 2.00. The minimum atomic E-state index is -0.320. The fraction of sp³-hybridized carbons (Fsp3) is 0.440. The lowest BCUT2D eigenvalue weighted by atomic mass is 10.0. The molecule has 0 unspecified atom stereocenters. The van der Waals surface area contributed by atoms with Crippen LogP contribution in [0.25, 0.3) is 0 Å². The van der Waals surface area contributed by atoms with Gasteiger partial charge in [0, 0.05) is 58.0 Å². The molecule has 2 heterocycles. The molecule has 2 aromatic rings. The molecule has 1 aliphatic rings. The number of carbonyl (C=O) groups is 3. The highest BCUT2D eigenvalue weighted by atomic mass is 16.5. The number of carbonyl (C=O) groups excluding carboxylic acids is 3. The van der Waals surface area contributed by atoms with E-state index in [4.69, 9.17) is 9.47 Å². The van der Waals surface area contributed by atoms with Crippen molar-refractivity contribution in [2.45, 2.75) is 32.9 Å². The molecule has 9 heteroatoms. The normalized spacial score (nSPS) is 21.6. The van der Waals surface area contributed by atoms with Gasteiger partial charge in [0.1, 0.15) is 18.1 Å². The summed E-state index contributed by atoms with van der Waals surface area (Å²) in [5, 5.41) is 2.71. The van der Waals surface area contributed by atoms with E-state index in [1.807, 2.05) is 13.8 Å². The van der Waals surface area contributed by atoms with E-state index in [9.17, 15) is 14.4 Å². The van der Waals surface area contributed by atoms with Crippen LogP contribution in [0.15, 0.2) is 42.6 Å².